The van der Waals surface area contributed by atoms with Crippen molar-refractivity contribution in [3.05, 3.63) is 29.3 Å². The molecule has 104 valence electrons. The van der Waals surface area contributed by atoms with Crippen LogP contribution in [0.4, 0.5) is 5.69 Å². The average Bonchev–Trinajstić information content (AvgIpc) is 2.36. The number of hydrogen-bond donors (Lipinski definition) is 1. The van der Waals surface area contributed by atoms with E-state index >= 15 is 0 Å². The van der Waals surface area contributed by atoms with Gasteiger partial charge in [0.05, 0.1) is 0 Å². The topological polar surface area (TPSA) is 29.3 Å². The molecule has 2 unspecified atom stereocenters. The molecule has 1 heterocycles. The third-order valence-electron chi connectivity index (χ3n) is 4.94. The second-order valence-electron chi connectivity index (χ2n) is 6.82. The molecule has 2 atom stereocenters. The lowest BCUT2D eigenvalue weighted by Gasteiger charge is -2.41. The zero-order valence-electron chi connectivity index (χ0n) is 12.2. The minimum absolute atomic E-state index is 0.785. The summed E-state index contributed by atoms with van der Waals surface area (Å²) in [5, 5.41) is 0. The molecule has 1 aliphatic heterocycles. The van der Waals surface area contributed by atoms with Crippen LogP contribution in [0.5, 0.6) is 0 Å². The van der Waals surface area contributed by atoms with Crippen molar-refractivity contribution >= 4 is 5.69 Å². The Morgan fingerprint density at radius 2 is 1.79 bits per heavy atom. The van der Waals surface area contributed by atoms with Crippen molar-refractivity contribution in [2.75, 3.05) is 12.3 Å². The van der Waals surface area contributed by atoms with Crippen LogP contribution < -0.4 is 5.73 Å². The first-order chi connectivity index (χ1) is 9.11. The molecule has 2 N–H and O–H groups in total. The summed E-state index contributed by atoms with van der Waals surface area (Å²) in [6, 6.07) is 7.22. The highest BCUT2D eigenvalue weighted by Gasteiger charge is 2.30. The maximum Gasteiger partial charge on any atom is 0.0317 e. The summed E-state index contributed by atoms with van der Waals surface area (Å²) in [7, 11) is 0. The highest BCUT2D eigenvalue weighted by atomic mass is 15.2. The van der Waals surface area contributed by atoms with E-state index in [1.807, 2.05) is 6.07 Å². The van der Waals surface area contributed by atoms with E-state index in [4.69, 9.17) is 5.73 Å². The molecule has 0 amide bonds. The van der Waals surface area contributed by atoms with Crippen molar-refractivity contribution in [2.45, 2.75) is 52.1 Å². The maximum absolute atomic E-state index is 5.93. The molecule has 19 heavy (non-hydrogen) atoms. The summed E-state index contributed by atoms with van der Waals surface area (Å²) in [4.78, 5) is 2.70. The number of nitrogens with two attached hydrogens (primary N) is 1. The van der Waals surface area contributed by atoms with Gasteiger partial charge in [0.15, 0.2) is 0 Å². The molecule has 0 bridgehead atoms. The van der Waals surface area contributed by atoms with E-state index < -0.39 is 0 Å². The Bertz CT molecular complexity index is 445. The molecule has 1 aromatic carbocycles. The first kappa shape index (κ1) is 13.0. The third-order valence-corrected chi connectivity index (χ3v) is 4.94. The lowest BCUT2D eigenvalue weighted by Crippen LogP contribution is -2.43. The smallest absolute Gasteiger partial charge is 0.0317 e. The number of nitrogen functional groups attached to an aromatic ring is 1. The fourth-order valence-electron chi connectivity index (χ4n) is 4.11. The van der Waals surface area contributed by atoms with E-state index in [1.165, 1.54) is 43.4 Å². The van der Waals surface area contributed by atoms with Gasteiger partial charge < -0.3 is 5.73 Å². The second kappa shape index (κ2) is 5.16. The number of hydrogen-bond acceptors (Lipinski definition) is 2. The molecule has 0 saturated heterocycles. The molecule has 1 saturated carbocycles. The van der Waals surface area contributed by atoms with Crippen LogP contribution in [0, 0.1) is 11.8 Å². The SMILES string of the molecule is CC1CC(C)CC(N2CCc3ccc(N)cc3C2)C1. The largest absolute Gasteiger partial charge is 0.399 e. The molecular formula is C17H26N2. The van der Waals surface area contributed by atoms with Gasteiger partial charge in [-0.25, -0.2) is 0 Å². The second-order valence-corrected chi connectivity index (χ2v) is 6.82. The maximum atomic E-state index is 5.93. The Hall–Kier alpha value is -1.02. The third kappa shape index (κ3) is 2.79. The molecule has 0 spiro atoms. The van der Waals surface area contributed by atoms with Gasteiger partial charge in [0.1, 0.15) is 0 Å². The molecule has 1 aliphatic carbocycles. The Kier molecular flexibility index (Phi) is 3.53. The van der Waals surface area contributed by atoms with Gasteiger partial charge in [-0.3, -0.25) is 4.90 Å². The number of fused-ring (bicyclic) bond motifs is 1. The van der Waals surface area contributed by atoms with Crippen LogP contribution in [0.1, 0.15) is 44.2 Å². The van der Waals surface area contributed by atoms with Gasteiger partial charge in [0, 0.05) is 24.8 Å². The Morgan fingerprint density at radius 1 is 1.05 bits per heavy atom. The quantitative estimate of drug-likeness (QED) is 0.782. The molecule has 2 aliphatic rings. The molecular weight excluding hydrogens is 232 g/mol. The minimum Gasteiger partial charge on any atom is -0.399 e. The predicted octanol–water partition coefficient (Wildman–Crippen LogP) is 3.45. The fraction of sp³-hybridized carbons (Fsp3) is 0.647. The molecule has 2 nitrogen and oxygen atoms in total. The van der Waals surface area contributed by atoms with Crippen molar-refractivity contribution in [3.63, 3.8) is 0 Å². The standard InChI is InChI=1S/C17H26N2/c1-12-7-13(2)9-17(8-12)19-6-5-14-3-4-16(18)10-15(14)11-19/h3-4,10,12-13,17H,5-9,11,18H2,1-2H3. The van der Waals surface area contributed by atoms with E-state index in [9.17, 15) is 0 Å². The number of anilines is 1. The lowest BCUT2D eigenvalue weighted by molar-refractivity contribution is 0.0981. The van der Waals surface area contributed by atoms with Crippen molar-refractivity contribution in [2.24, 2.45) is 11.8 Å². The van der Waals surface area contributed by atoms with Crippen molar-refractivity contribution in [1.29, 1.82) is 0 Å². The summed E-state index contributed by atoms with van der Waals surface area (Å²) in [6.45, 7) is 7.16. The minimum atomic E-state index is 0.785. The number of benzene rings is 1. The first-order valence-electron chi connectivity index (χ1n) is 7.73. The van der Waals surface area contributed by atoms with Gasteiger partial charge >= 0.3 is 0 Å². The van der Waals surface area contributed by atoms with Gasteiger partial charge in [-0.2, -0.15) is 0 Å². The van der Waals surface area contributed by atoms with E-state index in [0.29, 0.717) is 0 Å². The molecule has 1 fully saturated rings. The van der Waals surface area contributed by atoms with Crippen molar-refractivity contribution < 1.29 is 0 Å². The zero-order chi connectivity index (χ0) is 13.4. The van der Waals surface area contributed by atoms with Crippen LogP contribution in [-0.4, -0.2) is 17.5 Å². The molecule has 0 aromatic heterocycles. The van der Waals surface area contributed by atoms with Gasteiger partial charge in [-0.15, -0.1) is 0 Å². The predicted molar refractivity (Wildman–Crippen MR) is 80.9 cm³/mol. The first-order valence-corrected chi connectivity index (χ1v) is 7.73. The summed E-state index contributed by atoms with van der Waals surface area (Å²) >= 11 is 0. The van der Waals surface area contributed by atoms with Gasteiger partial charge in [-0.05, 0) is 60.8 Å². The van der Waals surface area contributed by atoms with Crippen molar-refractivity contribution in [1.82, 2.24) is 4.90 Å². The summed E-state index contributed by atoms with van der Waals surface area (Å²) in [5.41, 5.74) is 9.80. The molecule has 0 radical (unpaired) electrons. The zero-order valence-corrected chi connectivity index (χ0v) is 12.2. The Morgan fingerprint density at radius 3 is 2.53 bits per heavy atom. The fourth-order valence-corrected chi connectivity index (χ4v) is 4.11. The normalized spacial score (nSPS) is 32.0. The number of nitrogens with zero attached hydrogens (tertiary/aromatic N) is 1. The molecule has 1 aromatic rings. The monoisotopic (exact) mass is 258 g/mol. The van der Waals surface area contributed by atoms with Crippen molar-refractivity contribution in [3.8, 4) is 0 Å². The van der Waals surface area contributed by atoms with Crippen LogP contribution in [0.3, 0.4) is 0 Å². The Balaban J connectivity index is 1.74. The van der Waals surface area contributed by atoms with Gasteiger partial charge in [0.25, 0.3) is 0 Å². The summed E-state index contributed by atoms with van der Waals surface area (Å²) < 4.78 is 0. The summed E-state index contributed by atoms with van der Waals surface area (Å²) in [6.07, 6.45) is 5.35. The van der Waals surface area contributed by atoms with Gasteiger partial charge in [-0.1, -0.05) is 19.9 Å². The molecule has 2 heteroatoms. The van der Waals surface area contributed by atoms with E-state index in [0.717, 1.165) is 30.1 Å². The highest BCUT2D eigenvalue weighted by Crippen LogP contribution is 2.34. The van der Waals surface area contributed by atoms with E-state index in [1.54, 1.807) is 0 Å². The Labute approximate surface area is 117 Å². The van der Waals surface area contributed by atoms with Crippen LogP contribution >= 0.6 is 0 Å². The summed E-state index contributed by atoms with van der Waals surface area (Å²) in [5.74, 6) is 1.77. The lowest BCUT2D eigenvalue weighted by atomic mass is 9.79. The van der Waals surface area contributed by atoms with Gasteiger partial charge in [0.2, 0.25) is 0 Å². The average molecular weight is 258 g/mol. The van der Waals surface area contributed by atoms with Crippen LogP contribution in [-0.2, 0) is 13.0 Å². The van der Waals surface area contributed by atoms with E-state index in [-0.39, 0.29) is 0 Å². The molecule has 3 rings (SSSR count). The van der Waals surface area contributed by atoms with Crippen LogP contribution in [0.2, 0.25) is 0 Å². The van der Waals surface area contributed by atoms with E-state index in [2.05, 4.69) is 30.9 Å². The van der Waals surface area contributed by atoms with Crippen LogP contribution in [0.25, 0.3) is 0 Å². The highest BCUT2D eigenvalue weighted by molar-refractivity contribution is 5.45. The van der Waals surface area contributed by atoms with Crippen LogP contribution in [0.15, 0.2) is 18.2 Å². The number of rotatable bonds is 1.